The van der Waals surface area contributed by atoms with E-state index in [0.29, 0.717) is 6.04 Å². The molecular weight excluding hydrogens is 146 g/mol. The van der Waals surface area contributed by atoms with Crippen molar-refractivity contribution in [2.24, 2.45) is 28.9 Å². The van der Waals surface area contributed by atoms with Crippen LogP contribution in [-0.2, 0) is 0 Å². The molecule has 0 heterocycles. The molecule has 2 unspecified atom stereocenters. The zero-order chi connectivity index (χ0) is 8.34. The highest BCUT2D eigenvalue weighted by Crippen LogP contribution is 2.65. The van der Waals surface area contributed by atoms with Gasteiger partial charge in [-0.25, -0.2) is 0 Å². The molecule has 0 amide bonds. The zero-order valence-corrected chi connectivity index (χ0v) is 7.92. The summed E-state index contributed by atoms with van der Waals surface area (Å²) in [6.07, 6.45) is 7.14. The van der Waals surface area contributed by atoms with Crippen molar-refractivity contribution in [1.29, 1.82) is 0 Å². The van der Waals surface area contributed by atoms with Crippen LogP contribution in [0.25, 0.3) is 0 Å². The monoisotopic (exact) mass is 165 g/mol. The zero-order valence-electron chi connectivity index (χ0n) is 7.92. The van der Waals surface area contributed by atoms with Crippen LogP contribution in [-0.4, -0.2) is 6.04 Å². The van der Waals surface area contributed by atoms with Crippen LogP contribution in [0.2, 0.25) is 0 Å². The SMILES string of the molecule is C[C@]12CC3C[C@H](N)C[C@@H](CC31)C2. The summed E-state index contributed by atoms with van der Waals surface area (Å²) in [5.74, 6) is 3.07. The minimum absolute atomic E-state index is 0.537. The topological polar surface area (TPSA) is 26.0 Å². The van der Waals surface area contributed by atoms with E-state index in [9.17, 15) is 0 Å². The smallest absolute Gasteiger partial charge is 0.00442 e. The largest absolute Gasteiger partial charge is 0.328 e. The van der Waals surface area contributed by atoms with Crippen molar-refractivity contribution in [3.8, 4) is 0 Å². The van der Waals surface area contributed by atoms with Crippen LogP contribution < -0.4 is 5.73 Å². The summed E-state index contributed by atoms with van der Waals surface area (Å²) < 4.78 is 0. The third-order valence-electron chi connectivity index (χ3n) is 4.78. The molecule has 0 spiro atoms. The van der Waals surface area contributed by atoms with Gasteiger partial charge in [-0.2, -0.15) is 0 Å². The Bertz CT molecular complexity index is 207. The van der Waals surface area contributed by atoms with E-state index in [-0.39, 0.29) is 0 Å². The Morgan fingerprint density at radius 1 is 1.17 bits per heavy atom. The molecule has 5 atom stereocenters. The second kappa shape index (κ2) is 2.06. The highest BCUT2D eigenvalue weighted by atomic mass is 14.7. The predicted molar refractivity (Wildman–Crippen MR) is 49.6 cm³/mol. The van der Waals surface area contributed by atoms with Gasteiger partial charge in [-0.3, -0.25) is 0 Å². The molecule has 0 aromatic carbocycles. The van der Waals surface area contributed by atoms with Crippen molar-refractivity contribution in [3.63, 3.8) is 0 Å². The second-order valence-corrected chi connectivity index (χ2v) is 5.76. The Morgan fingerprint density at radius 3 is 2.83 bits per heavy atom. The lowest BCUT2D eigenvalue weighted by molar-refractivity contribution is -0.00905. The van der Waals surface area contributed by atoms with Crippen molar-refractivity contribution < 1.29 is 0 Å². The summed E-state index contributed by atoms with van der Waals surface area (Å²) in [6, 6.07) is 0.537. The van der Waals surface area contributed by atoms with E-state index in [1.807, 2.05) is 0 Å². The number of hydrogen-bond acceptors (Lipinski definition) is 1. The van der Waals surface area contributed by atoms with Crippen LogP contribution in [0.5, 0.6) is 0 Å². The maximum atomic E-state index is 6.08. The molecule has 0 aromatic rings. The molecule has 3 aliphatic rings. The fourth-order valence-corrected chi connectivity index (χ4v) is 4.46. The molecule has 68 valence electrons. The maximum Gasteiger partial charge on any atom is 0.00442 e. The lowest BCUT2D eigenvalue weighted by Gasteiger charge is -2.51. The van der Waals surface area contributed by atoms with Gasteiger partial charge in [0.05, 0.1) is 0 Å². The molecule has 0 radical (unpaired) electrons. The number of nitrogens with two attached hydrogens (primary N) is 1. The van der Waals surface area contributed by atoms with Gasteiger partial charge in [0.25, 0.3) is 0 Å². The van der Waals surface area contributed by atoms with E-state index in [2.05, 4.69) is 6.92 Å². The van der Waals surface area contributed by atoms with Gasteiger partial charge in [-0.15, -0.1) is 0 Å². The van der Waals surface area contributed by atoms with Crippen LogP contribution in [0.15, 0.2) is 0 Å². The van der Waals surface area contributed by atoms with Crippen molar-refractivity contribution in [1.82, 2.24) is 0 Å². The molecule has 3 saturated carbocycles. The molecule has 3 aliphatic carbocycles. The molecule has 3 fully saturated rings. The number of hydrogen-bond donors (Lipinski definition) is 1. The molecule has 0 saturated heterocycles. The van der Waals surface area contributed by atoms with E-state index in [1.165, 1.54) is 32.1 Å². The van der Waals surface area contributed by atoms with E-state index in [1.54, 1.807) is 0 Å². The molecule has 2 N–H and O–H groups in total. The fraction of sp³-hybridized carbons (Fsp3) is 1.00. The van der Waals surface area contributed by atoms with Crippen molar-refractivity contribution >= 4 is 0 Å². The number of fused-ring (bicyclic) bond motifs is 1. The van der Waals surface area contributed by atoms with Gasteiger partial charge >= 0.3 is 0 Å². The van der Waals surface area contributed by atoms with Gasteiger partial charge in [-0.1, -0.05) is 6.92 Å². The van der Waals surface area contributed by atoms with Gasteiger partial charge in [0.15, 0.2) is 0 Å². The van der Waals surface area contributed by atoms with Gasteiger partial charge in [0.2, 0.25) is 0 Å². The first-order valence-corrected chi connectivity index (χ1v) is 5.43. The van der Waals surface area contributed by atoms with Gasteiger partial charge in [0, 0.05) is 6.04 Å². The number of rotatable bonds is 0. The summed E-state index contributed by atoms with van der Waals surface area (Å²) in [6.45, 7) is 2.50. The Labute approximate surface area is 74.7 Å². The Balaban J connectivity index is 1.88. The normalized spacial score (nSPS) is 62.5. The first kappa shape index (κ1) is 7.37. The molecule has 2 bridgehead atoms. The standard InChI is InChI=1S/C11H19N/c1-11-5-7-2-9(12)4-8(6-11)10(11)3-7/h7-10H,2-6,12H2,1H3/t7-,8?,9+,10?,11-/m0/s1. The quantitative estimate of drug-likeness (QED) is 0.585. The maximum absolute atomic E-state index is 6.08. The molecule has 0 aromatic heterocycles. The first-order valence-electron chi connectivity index (χ1n) is 5.43. The molecule has 1 heteroatoms. The Hall–Kier alpha value is -0.0400. The van der Waals surface area contributed by atoms with Crippen molar-refractivity contribution in [2.75, 3.05) is 0 Å². The van der Waals surface area contributed by atoms with E-state index < -0.39 is 0 Å². The highest BCUT2D eigenvalue weighted by molar-refractivity contribution is 5.08. The van der Waals surface area contributed by atoms with E-state index >= 15 is 0 Å². The highest BCUT2D eigenvalue weighted by Gasteiger charge is 2.57. The second-order valence-electron chi connectivity index (χ2n) is 5.76. The minimum atomic E-state index is 0.537. The van der Waals surface area contributed by atoms with Crippen LogP contribution in [0.3, 0.4) is 0 Å². The van der Waals surface area contributed by atoms with E-state index in [4.69, 9.17) is 5.73 Å². The molecule has 1 nitrogen and oxygen atoms in total. The average Bonchev–Trinajstić information content (AvgIpc) is 2.09. The van der Waals surface area contributed by atoms with Crippen LogP contribution in [0, 0.1) is 23.2 Å². The first-order chi connectivity index (χ1) is 5.67. The summed E-state index contributed by atoms with van der Waals surface area (Å²) in [5, 5.41) is 0. The summed E-state index contributed by atoms with van der Waals surface area (Å²) in [4.78, 5) is 0. The Morgan fingerprint density at radius 2 is 2.00 bits per heavy atom. The summed E-state index contributed by atoms with van der Waals surface area (Å²) >= 11 is 0. The van der Waals surface area contributed by atoms with Gasteiger partial charge in [-0.05, 0) is 55.3 Å². The molecule has 0 aliphatic heterocycles. The molecule has 12 heavy (non-hydrogen) atoms. The van der Waals surface area contributed by atoms with E-state index in [0.717, 1.165) is 23.2 Å². The van der Waals surface area contributed by atoms with Crippen LogP contribution in [0.1, 0.15) is 39.0 Å². The fourth-order valence-electron chi connectivity index (χ4n) is 4.46. The third-order valence-corrected chi connectivity index (χ3v) is 4.78. The van der Waals surface area contributed by atoms with Crippen LogP contribution in [0.4, 0.5) is 0 Å². The average molecular weight is 165 g/mol. The van der Waals surface area contributed by atoms with Gasteiger partial charge in [0.1, 0.15) is 0 Å². The lowest BCUT2D eigenvalue weighted by atomic mass is 9.54. The van der Waals surface area contributed by atoms with Crippen LogP contribution >= 0.6 is 0 Å². The summed E-state index contributed by atoms with van der Waals surface area (Å²) in [7, 11) is 0. The Kier molecular flexibility index (Phi) is 1.27. The minimum Gasteiger partial charge on any atom is -0.328 e. The lowest BCUT2D eigenvalue weighted by Crippen LogP contribution is -2.45. The third kappa shape index (κ3) is 0.783. The summed E-state index contributed by atoms with van der Waals surface area (Å²) in [5.41, 5.74) is 6.84. The van der Waals surface area contributed by atoms with Gasteiger partial charge < -0.3 is 5.73 Å². The molecular formula is C11H19N. The van der Waals surface area contributed by atoms with Crippen molar-refractivity contribution in [2.45, 2.75) is 45.1 Å². The molecule has 3 rings (SSSR count). The van der Waals surface area contributed by atoms with Crippen molar-refractivity contribution in [3.05, 3.63) is 0 Å². The predicted octanol–water partition coefficient (Wildman–Crippen LogP) is 2.16.